The SMILES string of the molecule is O=C(Cl)C=CCN1C[C@@H]2OCCO[C@@H]2C1. The molecule has 0 bridgehead atoms. The molecule has 2 aliphatic heterocycles. The van der Waals surface area contributed by atoms with Crippen LogP contribution in [-0.4, -0.2) is 55.2 Å². The van der Waals surface area contributed by atoms with Crippen molar-refractivity contribution in [3.63, 3.8) is 0 Å². The largest absolute Gasteiger partial charge is 0.372 e. The maximum atomic E-state index is 10.5. The lowest BCUT2D eigenvalue weighted by molar-refractivity contribution is -0.116. The molecule has 0 aromatic heterocycles. The molecule has 0 aromatic carbocycles. The molecule has 15 heavy (non-hydrogen) atoms. The second-order valence-corrected chi connectivity index (χ2v) is 4.12. The van der Waals surface area contributed by atoms with E-state index in [0.717, 1.165) is 19.6 Å². The normalized spacial score (nSPS) is 32.1. The van der Waals surface area contributed by atoms with Crippen molar-refractivity contribution in [1.29, 1.82) is 0 Å². The van der Waals surface area contributed by atoms with Gasteiger partial charge in [-0.25, -0.2) is 0 Å². The van der Waals surface area contributed by atoms with Gasteiger partial charge in [0.2, 0.25) is 5.24 Å². The van der Waals surface area contributed by atoms with Gasteiger partial charge < -0.3 is 9.47 Å². The Morgan fingerprint density at radius 1 is 1.33 bits per heavy atom. The van der Waals surface area contributed by atoms with Gasteiger partial charge in [0.1, 0.15) is 0 Å². The summed E-state index contributed by atoms with van der Waals surface area (Å²) < 4.78 is 11.2. The zero-order valence-corrected chi connectivity index (χ0v) is 9.15. The number of nitrogens with zero attached hydrogens (tertiary/aromatic N) is 1. The Kier molecular flexibility index (Phi) is 3.75. The summed E-state index contributed by atoms with van der Waals surface area (Å²) in [5, 5.41) is -0.431. The van der Waals surface area contributed by atoms with Crippen LogP contribution in [0.4, 0.5) is 0 Å². The topological polar surface area (TPSA) is 38.8 Å². The summed E-state index contributed by atoms with van der Waals surface area (Å²) in [6.45, 7) is 3.82. The number of halogens is 1. The molecule has 0 N–H and O–H groups in total. The number of rotatable bonds is 3. The first-order valence-corrected chi connectivity index (χ1v) is 5.45. The lowest BCUT2D eigenvalue weighted by atomic mass is 10.2. The van der Waals surface area contributed by atoms with Gasteiger partial charge in [-0.3, -0.25) is 9.69 Å². The highest BCUT2D eigenvalue weighted by atomic mass is 35.5. The quantitative estimate of drug-likeness (QED) is 0.521. The van der Waals surface area contributed by atoms with Gasteiger partial charge in [0.15, 0.2) is 0 Å². The molecule has 0 aliphatic carbocycles. The van der Waals surface area contributed by atoms with Crippen LogP contribution in [0, 0.1) is 0 Å². The molecule has 0 radical (unpaired) electrons. The van der Waals surface area contributed by atoms with E-state index in [1.54, 1.807) is 6.08 Å². The third-order valence-corrected chi connectivity index (χ3v) is 2.78. The Morgan fingerprint density at radius 2 is 1.93 bits per heavy atom. The zero-order chi connectivity index (χ0) is 10.7. The number of allylic oxidation sites excluding steroid dienone is 1. The summed E-state index contributed by atoms with van der Waals surface area (Å²) in [7, 11) is 0. The van der Waals surface area contributed by atoms with Crippen LogP contribution < -0.4 is 0 Å². The molecular weight excluding hydrogens is 218 g/mol. The maximum absolute atomic E-state index is 10.5. The summed E-state index contributed by atoms with van der Waals surface area (Å²) in [6.07, 6.45) is 3.54. The van der Waals surface area contributed by atoms with E-state index in [1.165, 1.54) is 6.08 Å². The van der Waals surface area contributed by atoms with E-state index < -0.39 is 5.24 Å². The lowest BCUT2D eigenvalue weighted by Gasteiger charge is -2.24. The molecule has 2 saturated heterocycles. The Morgan fingerprint density at radius 3 is 2.47 bits per heavy atom. The van der Waals surface area contributed by atoms with Gasteiger partial charge in [0, 0.05) is 19.6 Å². The molecule has 0 aromatic rings. The molecule has 2 atom stereocenters. The van der Waals surface area contributed by atoms with Crippen LogP contribution in [0.3, 0.4) is 0 Å². The molecule has 5 heteroatoms. The van der Waals surface area contributed by atoms with Crippen molar-refractivity contribution in [1.82, 2.24) is 4.90 Å². The Balaban J connectivity index is 1.79. The summed E-state index contributed by atoms with van der Waals surface area (Å²) in [5.41, 5.74) is 0. The summed E-state index contributed by atoms with van der Waals surface area (Å²) in [5.74, 6) is 0. The number of ether oxygens (including phenoxy) is 2. The van der Waals surface area contributed by atoms with Gasteiger partial charge in [0.05, 0.1) is 25.4 Å². The third-order valence-electron chi connectivity index (χ3n) is 2.65. The van der Waals surface area contributed by atoms with E-state index in [1.807, 2.05) is 0 Å². The fourth-order valence-corrected chi connectivity index (χ4v) is 2.07. The molecule has 2 aliphatic rings. The van der Waals surface area contributed by atoms with Crippen LogP contribution in [-0.2, 0) is 14.3 Å². The molecule has 0 amide bonds. The molecular formula is C10H14ClNO3. The highest BCUT2D eigenvalue weighted by molar-refractivity contribution is 6.66. The van der Waals surface area contributed by atoms with Crippen molar-refractivity contribution in [2.45, 2.75) is 12.2 Å². The van der Waals surface area contributed by atoms with E-state index in [4.69, 9.17) is 21.1 Å². The first-order chi connectivity index (χ1) is 7.25. The Labute approximate surface area is 93.8 Å². The minimum Gasteiger partial charge on any atom is -0.372 e. The van der Waals surface area contributed by atoms with Crippen molar-refractivity contribution >= 4 is 16.8 Å². The van der Waals surface area contributed by atoms with Gasteiger partial charge in [0.25, 0.3) is 0 Å². The predicted molar refractivity (Wildman–Crippen MR) is 55.9 cm³/mol. The monoisotopic (exact) mass is 231 g/mol. The predicted octanol–water partition coefficient (Wildman–Crippen LogP) is 0.408. The minimum absolute atomic E-state index is 0.193. The molecule has 0 unspecified atom stereocenters. The van der Waals surface area contributed by atoms with Gasteiger partial charge in [-0.1, -0.05) is 6.08 Å². The number of fused-ring (bicyclic) bond motifs is 1. The van der Waals surface area contributed by atoms with Crippen LogP contribution in [0.25, 0.3) is 0 Å². The highest BCUT2D eigenvalue weighted by Gasteiger charge is 2.35. The fraction of sp³-hybridized carbons (Fsp3) is 0.700. The van der Waals surface area contributed by atoms with E-state index in [9.17, 15) is 4.79 Å². The third kappa shape index (κ3) is 3.01. The second-order valence-electron chi connectivity index (χ2n) is 3.74. The Hall–Kier alpha value is -0.420. The van der Waals surface area contributed by atoms with E-state index >= 15 is 0 Å². The van der Waals surface area contributed by atoms with Gasteiger partial charge in [-0.05, 0) is 17.7 Å². The average molecular weight is 232 g/mol. The summed E-state index contributed by atoms with van der Waals surface area (Å²) >= 11 is 5.19. The lowest BCUT2D eigenvalue weighted by Crippen LogP contribution is -2.36. The molecule has 0 spiro atoms. The van der Waals surface area contributed by atoms with Crippen molar-refractivity contribution < 1.29 is 14.3 Å². The number of carbonyl (C=O) groups excluding carboxylic acids is 1. The van der Waals surface area contributed by atoms with Crippen LogP contribution in [0.5, 0.6) is 0 Å². The minimum atomic E-state index is -0.431. The van der Waals surface area contributed by atoms with E-state index in [-0.39, 0.29) is 12.2 Å². The first-order valence-electron chi connectivity index (χ1n) is 5.07. The molecule has 84 valence electrons. The number of carbonyl (C=O) groups is 1. The van der Waals surface area contributed by atoms with Crippen LogP contribution in [0.1, 0.15) is 0 Å². The van der Waals surface area contributed by atoms with Gasteiger partial charge in [-0.15, -0.1) is 0 Å². The van der Waals surface area contributed by atoms with Crippen LogP contribution in [0.15, 0.2) is 12.2 Å². The fourth-order valence-electron chi connectivity index (χ4n) is 1.98. The summed E-state index contributed by atoms with van der Waals surface area (Å²) in [4.78, 5) is 12.7. The Bertz CT molecular complexity index is 255. The molecule has 2 heterocycles. The van der Waals surface area contributed by atoms with Crippen molar-refractivity contribution in [2.75, 3.05) is 32.8 Å². The van der Waals surface area contributed by atoms with E-state index in [0.29, 0.717) is 13.2 Å². The standard InChI is InChI=1S/C10H14ClNO3/c11-10(13)2-1-3-12-6-8-9(7-12)15-5-4-14-8/h1-2,8-9H,3-7H2/t8-,9+. The molecule has 2 fully saturated rings. The molecule has 4 nitrogen and oxygen atoms in total. The second kappa shape index (κ2) is 5.07. The van der Waals surface area contributed by atoms with Crippen molar-refractivity contribution in [3.05, 3.63) is 12.2 Å². The van der Waals surface area contributed by atoms with Gasteiger partial charge >= 0.3 is 0 Å². The zero-order valence-electron chi connectivity index (χ0n) is 8.39. The van der Waals surface area contributed by atoms with E-state index in [2.05, 4.69) is 4.90 Å². The van der Waals surface area contributed by atoms with Gasteiger partial charge in [-0.2, -0.15) is 0 Å². The maximum Gasteiger partial charge on any atom is 0.244 e. The van der Waals surface area contributed by atoms with Crippen molar-refractivity contribution in [3.8, 4) is 0 Å². The number of hydrogen-bond acceptors (Lipinski definition) is 4. The molecule has 0 saturated carbocycles. The molecule has 2 rings (SSSR count). The first kappa shape index (κ1) is 11.1. The average Bonchev–Trinajstić information content (AvgIpc) is 2.59. The smallest absolute Gasteiger partial charge is 0.244 e. The van der Waals surface area contributed by atoms with Crippen LogP contribution >= 0.6 is 11.6 Å². The number of likely N-dealkylation sites (tertiary alicyclic amines) is 1. The number of hydrogen-bond donors (Lipinski definition) is 0. The van der Waals surface area contributed by atoms with Crippen LogP contribution in [0.2, 0.25) is 0 Å². The highest BCUT2D eigenvalue weighted by Crippen LogP contribution is 2.19. The summed E-state index contributed by atoms with van der Waals surface area (Å²) in [6, 6.07) is 0. The van der Waals surface area contributed by atoms with Crippen molar-refractivity contribution in [2.24, 2.45) is 0 Å².